The second-order valence-electron chi connectivity index (χ2n) is 3.08. The molecule has 1 unspecified atom stereocenters. The monoisotopic (exact) mass is 277 g/mol. The van der Waals surface area contributed by atoms with Gasteiger partial charge in [-0.05, 0) is 6.92 Å². The van der Waals surface area contributed by atoms with Gasteiger partial charge < -0.3 is 14.8 Å². The molecule has 0 fully saturated rings. The van der Waals surface area contributed by atoms with Crippen LogP contribution in [0.25, 0.3) is 0 Å². The van der Waals surface area contributed by atoms with Crippen LogP contribution in [0, 0.1) is 0 Å². The maximum absolute atomic E-state index is 11.2. The number of hydrogen-bond donors (Lipinski definition) is 1. The van der Waals surface area contributed by atoms with Crippen LogP contribution in [-0.4, -0.2) is 48.8 Å². The molecular weight excluding hydrogens is 262 g/mol. The summed E-state index contributed by atoms with van der Waals surface area (Å²) in [4.78, 5) is 11.2. The van der Waals surface area contributed by atoms with E-state index < -0.39 is 0 Å². The van der Waals surface area contributed by atoms with E-state index >= 15 is 0 Å². The third-order valence-electron chi connectivity index (χ3n) is 1.80. The van der Waals surface area contributed by atoms with Gasteiger partial charge in [-0.1, -0.05) is 23.1 Å². The molecule has 17 heavy (non-hydrogen) atoms. The number of rotatable bonds is 7. The third kappa shape index (κ3) is 4.88. The smallest absolute Gasteiger partial charge is 0.318 e. The Hall–Kier alpha value is -0.860. The van der Waals surface area contributed by atoms with Gasteiger partial charge in [0.05, 0.1) is 13.7 Å². The van der Waals surface area contributed by atoms with E-state index in [1.54, 1.807) is 14.0 Å². The molecule has 1 rings (SSSR count). The Bertz CT molecular complexity index is 359. The van der Waals surface area contributed by atoms with Crippen LogP contribution in [0.5, 0.6) is 0 Å². The van der Waals surface area contributed by atoms with E-state index in [2.05, 4.69) is 20.3 Å². The standard InChI is InChI=1S/C9H15N3O3S2/c1-6(7(13)15-3)16-9-12-11-8(17-9)10-4-5-14-2/h6H,4-5H2,1-3H3,(H,10,11). The summed E-state index contributed by atoms with van der Waals surface area (Å²) in [6.45, 7) is 3.07. The lowest BCUT2D eigenvalue weighted by molar-refractivity contribution is -0.139. The number of aromatic nitrogens is 2. The van der Waals surface area contributed by atoms with E-state index in [1.807, 2.05) is 0 Å². The topological polar surface area (TPSA) is 73.3 Å². The first kappa shape index (κ1) is 14.2. The highest BCUT2D eigenvalue weighted by Crippen LogP contribution is 2.29. The van der Waals surface area contributed by atoms with Crippen molar-refractivity contribution in [3.8, 4) is 0 Å². The number of carbonyl (C=O) groups is 1. The van der Waals surface area contributed by atoms with Crippen LogP contribution in [0.3, 0.4) is 0 Å². The van der Waals surface area contributed by atoms with Gasteiger partial charge in [0.1, 0.15) is 5.25 Å². The van der Waals surface area contributed by atoms with Gasteiger partial charge in [0.2, 0.25) is 5.13 Å². The molecule has 0 radical (unpaired) electrons. The summed E-state index contributed by atoms with van der Waals surface area (Å²) in [5, 5.41) is 11.4. The molecule has 0 saturated carbocycles. The first-order valence-electron chi connectivity index (χ1n) is 4.98. The summed E-state index contributed by atoms with van der Waals surface area (Å²) < 4.78 is 10.3. The van der Waals surface area contributed by atoms with E-state index in [-0.39, 0.29) is 11.2 Å². The number of carbonyl (C=O) groups excluding carboxylic acids is 1. The Morgan fingerprint density at radius 2 is 2.29 bits per heavy atom. The number of ether oxygens (including phenoxy) is 2. The molecule has 1 aromatic rings. The fourth-order valence-corrected chi connectivity index (χ4v) is 2.90. The van der Waals surface area contributed by atoms with Crippen LogP contribution in [0.2, 0.25) is 0 Å². The summed E-state index contributed by atoms with van der Waals surface area (Å²) in [6, 6.07) is 0. The number of anilines is 1. The van der Waals surface area contributed by atoms with Crippen LogP contribution in [-0.2, 0) is 14.3 Å². The zero-order chi connectivity index (χ0) is 12.7. The highest BCUT2D eigenvalue weighted by molar-refractivity contribution is 8.02. The van der Waals surface area contributed by atoms with E-state index in [9.17, 15) is 4.79 Å². The number of esters is 1. The summed E-state index contributed by atoms with van der Waals surface area (Å²) in [5.74, 6) is -0.265. The Morgan fingerprint density at radius 3 is 2.94 bits per heavy atom. The van der Waals surface area contributed by atoms with Crippen molar-refractivity contribution in [2.24, 2.45) is 0 Å². The normalized spacial score (nSPS) is 12.2. The van der Waals surface area contributed by atoms with Gasteiger partial charge in [-0.3, -0.25) is 4.79 Å². The maximum Gasteiger partial charge on any atom is 0.318 e. The lowest BCUT2D eigenvalue weighted by Gasteiger charge is -2.04. The minimum Gasteiger partial charge on any atom is -0.468 e. The quantitative estimate of drug-likeness (QED) is 0.457. The van der Waals surface area contributed by atoms with Gasteiger partial charge in [-0.2, -0.15) is 0 Å². The minimum atomic E-state index is -0.278. The number of nitrogens with one attached hydrogen (secondary N) is 1. The minimum absolute atomic E-state index is 0.265. The van der Waals surface area contributed by atoms with Crippen molar-refractivity contribution in [1.29, 1.82) is 0 Å². The van der Waals surface area contributed by atoms with Gasteiger partial charge in [0.15, 0.2) is 4.34 Å². The average Bonchev–Trinajstić information content (AvgIpc) is 2.76. The molecule has 8 heteroatoms. The molecule has 0 aromatic carbocycles. The highest BCUT2D eigenvalue weighted by Gasteiger charge is 2.17. The second-order valence-corrected chi connectivity index (χ2v) is 5.64. The van der Waals surface area contributed by atoms with Gasteiger partial charge in [0.25, 0.3) is 0 Å². The van der Waals surface area contributed by atoms with Crippen LogP contribution in [0.15, 0.2) is 4.34 Å². The summed E-state index contributed by atoms with van der Waals surface area (Å²) in [7, 11) is 3.01. The molecular formula is C9H15N3O3S2. The van der Waals surface area contributed by atoms with Crippen molar-refractivity contribution in [3.63, 3.8) is 0 Å². The molecule has 0 spiro atoms. The summed E-state index contributed by atoms with van der Waals surface area (Å²) in [5.41, 5.74) is 0. The van der Waals surface area contributed by atoms with Crippen molar-refractivity contribution < 1.29 is 14.3 Å². The predicted molar refractivity (Wildman–Crippen MR) is 67.6 cm³/mol. The largest absolute Gasteiger partial charge is 0.468 e. The van der Waals surface area contributed by atoms with Crippen molar-refractivity contribution >= 4 is 34.2 Å². The molecule has 1 heterocycles. The lowest BCUT2D eigenvalue weighted by Crippen LogP contribution is -2.14. The molecule has 0 saturated heterocycles. The van der Waals surface area contributed by atoms with Crippen molar-refractivity contribution in [3.05, 3.63) is 0 Å². The number of hydrogen-bond acceptors (Lipinski definition) is 8. The third-order valence-corrected chi connectivity index (χ3v) is 3.84. The average molecular weight is 277 g/mol. The summed E-state index contributed by atoms with van der Waals surface area (Å²) >= 11 is 2.74. The molecule has 0 aliphatic heterocycles. The number of thioether (sulfide) groups is 1. The van der Waals surface area contributed by atoms with Gasteiger partial charge in [-0.25, -0.2) is 0 Å². The van der Waals surface area contributed by atoms with E-state index in [0.29, 0.717) is 13.2 Å². The number of nitrogens with zero attached hydrogens (tertiary/aromatic N) is 2. The van der Waals surface area contributed by atoms with Crippen LogP contribution in [0.4, 0.5) is 5.13 Å². The molecule has 96 valence electrons. The molecule has 0 bridgehead atoms. The number of methoxy groups -OCH3 is 2. The molecule has 6 nitrogen and oxygen atoms in total. The maximum atomic E-state index is 11.2. The first-order chi connectivity index (χ1) is 8.17. The SMILES string of the molecule is COCCNc1nnc(SC(C)C(=O)OC)s1. The Kier molecular flexibility index (Phi) is 6.23. The van der Waals surface area contributed by atoms with Crippen LogP contribution >= 0.6 is 23.1 Å². The van der Waals surface area contributed by atoms with Gasteiger partial charge in [0, 0.05) is 13.7 Å². The van der Waals surface area contributed by atoms with Gasteiger partial charge in [-0.15, -0.1) is 10.2 Å². The lowest BCUT2D eigenvalue weighted by atomic mass is 10.5. The fraction of sp³-hybridized carbons (Fsp3) is 0.667. The Balaban J connectivity index is 2.42. The van der Waals surface area contributed by atoms with Crippen molar-refractivity contribution in [2.75, 3.05) is 32.7 Å². The highest BCUT2D eigenvalue weighted by atomic mass is 32.2. The summed E-state index contributed by atoms with van der Waals surface area (Å²) in [6.07, 6.45) is 0. The van der Waals surface area contributed by atoms with Crippen molar-refractivity contribution in [1.82, 2.24) is 10.2 Å². The zero-order valence-corrected chi connectivity index (χ0v) is 11.6. The zero-order valence-electron chi connectivity index (χ0n) is 9.93. The van der Waals surface area contributed by atoms with Crippen molar-refractivity contribution in [2.45, 2.75) is 16.5 Å². The second kappa shape index (κ2) is 7.46. The van der Waals surface area contributed by atoms with E-state index in [4.69, 9.17) is 4.74 Å². The van der Waals surface area contributed by atoms with Gasteiger partial charge >= 0.3 is 5.97 Å². The Labute approximate surface area is 108 Å². The van der Waals surface area contributed by atoms with Crippen LogP contribution < -0.4 is 5.32 Å². The van der Waals surface area contributed by atoms with E-state index in [0.717, 1.165) is 9.47 Å². The van der Waals surface area contributed by atoms with E-state index in [1.165, 1.54) is 30.2 Å². The molecule has 1 aromatic heterocycles. The molecule has 0 aliphatic rings. The molecule has 0 amide bonds. The fourth-order valence-electron chi connectivity index (χ4n) is 0.954. The van der Waals surface area contributed by atoms with Crippen LogP contribution in [0.1, 0.15) is 6.92 Å². The molecule has 1 atom stereocenters. The molecule has 0 aliphatic carbocycles. The first-order valence-corrected chi connectivity index (χ1v) is 6.67. The predicted octanol–water partition coefficient (Wildman–Crippen LogP) is 1.25. The Morgan fingerprint density at radius 1 is 1.53 bits per heavy atom. The molecule has 1 N–H and O–H groups in total.